The van der Waals surface area contributed by atoms with Crippen molar-refractivity contribution in [1.82, 2.24) is 9.78 Å². The average molecular weight is 265 g/mol. The summed E-state index contributed by atoms with van der Waals surface area (Å²) in [4.78, 5) is 12.0. The lowest BCUT2D eigenvalue weighted by Gasteiger charge is -2.06. The second kappa shape index (κ2) is 4.70. The first-order valence-corrected chi connectivity index (χ1v) is 5.72. The van der Waals surface area contributed by atoms with Gasteiger partial charge in [0, 0.05) is 12.7 Å². The zero-order valence-electron chi connectivity index (χ0n) is 10.1. The molecule has 6 heteroatoms. The van der Waals surface area contributed by atoms with Crippen LogP contribution in [0.1, 0.15) is 16.2 Å². The second-order valence-electron chi connectivity index (χ2n) is 3.98. The summed E-state index contributed by atoms with van der Waals surface area (Å²) >= 11 is 5.88. The number of hydrogen-bond donors (Lipinski definition) is 2. The van der Waals surface area contributed by atoms with Crippen LogP contribution in [0.5, 0.6) is 0 Å². The van der Waals surface area contributed by atoms with E-state index in [0.29, 0.717) is 22.1 Å². The molecular formula is C12H13ClN4O. The van der Waals surface area contributed by atoms with E-state index in [2.05, 4.69) is 10.4 Å². The summed E-state index contributed by atoms with van der Waals surface area (Å²) < 4.78 is 1.53. The second-order valence-corrected chi connectivity index (χ2v) is 4.39. The van der Waals surface area contributed by atoms with E-state index in [4.69, 9.17) is 17.3 Å². The molecule has 0 saturated carbocycles. The highest BCUT2D eigenvalue weighted by Gasteiger charge is 2.12. The quantitative estimate of drug-likeness (QED) is 0.817. The van der Waals surface area contributed by atoms with Gasteiger partial charge in [-0.2, -0.15) is 5.10 Å². The number of aryl methyl sites for hydroxylation is 2. The number of nitrogen functional groups attached to an aromatic ring is 1. The summed E-state index contributed by atoms with van der Waals surface area (Å²) in [6.07, 6.45) is 0. The van der Waals surface area contributed by atoms with Crippen molar-refractivity contribution in [3.05, 3.63) is 40.7 Å². The van der Waals surface area contributed by atoms with Gasteiger partial charge in [-0.25, -0.2) is 0 Å². The van der Waals surface area contributed by atoms with Gasteiger partial charge >= 0.3 is 0 Å². The Morgan fingerprint density at radius 3 is 2.72 bits per heavy atom. The van der Waals surface area contributed by atoms with Crippen LogP contribution in [-0.4, -0.2) is 15.7 Å². The normalized spacial score (nSPS) is 10.4. The van der Waals surface area contributed by atoms with E-state index in [-0.39, 0.29) is 5.91 Å². The number of rotatable bonds is 2. The van der Waals surface area contributed by atoms with Gasteiger partial charge in [0.25, 0.3) is 5.91 Å². The van der Waals surface area contributed by atoms with Gasteiger partial charge < -0.3 is 11.1 Å². The van der Waals surface area contributed by atoms with Gasteiger partial charge in [-0.15, -0.1) is 0 Å². The molecule has 0 fully saturated rings. The Morgan fingerprint density at radius 1 is 1.44 bits per heavy atom. The molecule has 1 heterocycles. The molecule has 0 saturated heterocycles. The number of carbonyl (C=O) groups excluding carboxylic acids is 1. The summed E-state index contributed by atoms with van der Waals surface area (Å²) in [6, 6.07) is 6.67. The summed E-state index contributed by atoms with van der Waals surface area (Å²) in [7, 11) is 1.72. The van der Waals surface area contributed by atoms with E-state index in [1.807, 2.05) is 6.92 Å². The van der Waals surface area contributed by atoms with E-state index < -0.39 is 0 Å². The average Bonchev–Trinajstić information content (AvgIpc) is 2.63. The molecule has 0 radical (unpaired) electrons. The minimum absolute atomic E-state index is 0.237. The highest BCUT2D eigenvalue weighted by molar-refractivity contribution is 6.33. The van der Waals surface area contributed by atoms with Gasteiger partial charge in [-0.3, -0.25) is 9.48 Å². The third kappa shape index (κ3) is 2.46. The first-order chi connectivity index (χ1) is 8.47. The predicted molar refractivity (Wildman–Crippen MR) is 71.8 cm³/mol. The number of anilines is 2. The Kier molecular flexibility index (Phi) is 3.25. The van der Waals surface area contributed by atoms with Gasteiger partial charge in [0.1, 0.15) is 5.69 Å². The number of amides is 1. The van der Waals surface area contributed by atoms with Crippen LogP contribution >= 0.6 is 11.6 Å². The van der Waals surface area contributed by atoms with Gasteiger partial charge in [-0.05, 0) is 31.2 Å². The van der Waals surface area contributed by atoms with Crippen molar-refractivity contribution in [2.45, 2.75) is 6.92 Å². The van der Waals surface area contributed by atoms with Gasteiger partial charge in [0.2, 0.25) is 0 Å². The lowest BCUT2D eigenvalue weighted by atomic mass is 10.2. The lowest BCUT2D eigenvalue weighted by Crippen LogP contribution is -2.16. The summed E-state index contributed by atoms with van der Waals surface area (Å²) in [6.45, 7) is 1.83. The number of nitrogens with two attached hydrogens (primary N) is 1. The molecule has 5 nitrogen and oxygen atoms in total. The number of hydrogen-bond acceptors (Lipinski definition) is 3. The van der Waals surface area contributed by atoms with Gasteiger partial charge in [-0.1, -0.05) is 11.6 Å². The molecule has 94 valence electrons. The van der Waals surface area contributed by atoms with E-state index in [0.717, 1.165) is 5.69 Å². The van der Waals surface area contributed by atoms with Crippen molar-refractivity contribution in [2.24, 2.45) is 7.05 Å². The van der Waals surface area contributed by atoms with Crippen molar-refractivity contribution in [2.75, 3.05) is 11.1 Å². The highest BCUT2D eigenvalue weighted by atomic mass is 35.5. The molecule has 0 aliphatic rings. The van der Waals surface area contributed by atoms with Gasteiger partial charge in [0.05, 0.1) is 16.4 Å². The summed E-state index contributed by atoms with van der Waals surface area (Å²) in [5, 5.41) is 7.27. The Balaban J connectivity index is 2.21. The SMILES string of the molecule is Cc1cc(C(=O)Nc2ccc(N)c(Cl)c2)n(C)n1. The van der Waals surface area contributed by atoms with E-state index in [1.54, 1.807) is 31.3 Å². The molecular weight excluding hydrogens is 252 g/mol. The van der Waals surface area contributed by atoms with Crippen LogP contribution in [0.4, 0.5) is 11.4 Å². The Labute approximate surface area is 110 Å². The molecule has 1 aromatic heterocycles. The van der Waals surface area contributed by atoms with Crippen LogP contribution < -0.4 is 11.1 Å². The van der Waals surface area contributed by atoms with Crippen molar-refractivity contribution in [1.29, 1.82) is 0 Å². The Morgan fingerprint density at radius 2 is 2.17 bits per heavy atom. The lowest BCUT2D eigenvalue weighted by molar-refractivity contribution is 0.101. The minimum atomic E-state index is -0.237. The molecule has 0 aliphatic carbocycles. The molecule has 0 bridgehead atoms. The molecule has 18 heavy (non-hydrogen) atoms. The fourth-order valence-electron chi connectivity index (χ4n) is 1.62. The molecule has 2 rings (SSSR count). The molecule has 1 amide bonds. The smallest absolute Gasteiger partial charge is 0.273 e. The molecule has 0 unspecified atom stereocenters. The molecule has 0 spiro atoms. The third-order valence-corrected chi connectivity index (χ3v) is 2.82. The maximum atomic E-state index is 12.0. The van der Waals surface area contributed by atoms with Crippen LogP contribution in [0.25, 0.3) is 0 Å². The molecule has 2 aromatic rings. The number of halogens is 1. The topological polar surface area (TPSA) is 72.9 Å². The van der Waals surface area contributed by atoms with Crippen molar-refractivity contribution >= 4 is 28.9 Å². The highest BCUT2D eigenvalue weighted by Crippen LogP contribution is 2.22. The third-order valence-electron chi connectivity index (χ3n) is 2.49. The van der Waals surface area contributed by atoms with Crippen molar-refractivity contribution in [3.63, 3.8) is 0 Å². The van der Waals surface area contributed by atoms with Crippen LogP contribution in [-0.2, 0) is 7.05 Å². The Hall–Kier alpha value is -2.01. The summed E-state index contributed by atoms with van der Waals surface area (Å²) in [5.74, 6) is -0.237. The minimum Gasteiger partial charge on any atom is -0.398 e. The molecule has 1 aromatic carbocycles. The zero-order chi connectivity index (χ0) is 13.3. The first kappa shape index (κ1) is 12.4. The first-order valence-electron chi connectivity index (χ1n) is 5.34. The number of benzene rings is 1. The van der Waals surface area contributed by atoms with Crippen LogP contribution in [0.2, 0.25) is 5.02 Å². The molecule has 0 atom stereocenters. The largest absolute Gasteiger partial charge is 0.398 e. The van der Waals surface area contributed by atoms with Crippen molar-refractivity contribution < 1.29 is 4.79 Å². The number of nitrogens with zero attached hydrogens (tertiary/aromatic N) is 2. The van der Waals surface area contributed by atoms with Crippen LogP contribution in [0, 0.1) is 6.92 Å². The van der Waals surface area contributed by atoms with Crippen molar-refractivity contribution in [3.8, 4) is 0 Å². The Bertz CT molecular complexity index is 606. The van der Waals surface area contributed by atoms with Crippen LogP contribution in [0.15, 0.2) is 24.3 Å². The van der Waals surface area contributed by atoms with Crippen LogP contribution in [0.3, 0.4) is 0 Å². The standard InChI is InChI=1S/C12H13ClN4O/c1-7-5-11(17(2)16-7)12(18)15-8-3-4-10(14)9(13)6-8/h3-6H,14H2,1-2H3,(H,15,18). The number of carbonyl (C=O) groups is 1. The molecule has 0 aliphatic heterocycles. The van der Waals surface area contributed by atoms with E-state index in [9.17, 15) is 4.79 Å². The zero-order valence-corrected chi connectivity index (χ0v) is 10.8. The van der Waals surface area contributed by atoms with E-state index >= 15 is 0 Å². The monoisotopic (exact) mass is 264 g/mol. The summed E-state index contributed by atoms with van der Waals surface area (Å²) in [5.41, 5.74) is 7.95. The van der Waals surface area contributed by atoms with E-state index in [1.165, 1.54) is 4.68 Å². The fraction of sp³-hybridized carbons (Fsp3) is 0.167. The number of aromatic nitrogens is 2. The maximum Gasteiger partial charge on any atom is 0.273 e. The maximum absolute atomic E-state index is 12.0. The van der Waals surface area contributed by atoms with Gasteiger partial charge in [0.15, 0.2) is 0 Å². The fourth-order valence-corrected chi connectivity index (χ4v) is 1.80. The number of nitrogens with one attached hydrogen (secondary N) is 1. The molecule has 3 N–H and O–H groups in total. The predicted octanol–water partition coefficient (Wildman–Crippen LogP) is 2.22.